The van der Waals surface area contributed by atoms with E-state index in [-0.39, 0.29) is 10.8 Å². The van der Waals surface area contributed by atoms with Gasteiger partial charge in [0, 0.05) is 19.0 Å². The maximum absolute atomic E-state index is 12.1. The highest BCUT2D eigenvalue weighted by Gasteiger charge is 2.51. The quantitative estimate of drug-likeness (QED) is 0.666. The van der Waals surface area contributed by atoms with Crippen LogP contribution in [0.3, 0.4) is 0 Å². The van der Waals surface area contributed by atoms with Crippen molar-refractivity contribution in [2.45, 2.75) is 47.0 Å². The van der Waals surface area contributed by atoms with Gasteiger partial charge < -0.3 is 4.90 Å². The molecule has 0 N–H and O–H groups in total. The number of likely N-dealkylation sites (tertiary alicyclic amines) is 1. The summed E-state index contributed by atoms with van der Waals surface area (Å²) in [6.07, 6.45) is 3.36. The first-order valence-electron chi connectivity index (χ1n) is 5.67. The molecule has 2 nitrogen and oxygen atoms in total. The Bertz CT molecular complexity index is 228. The zero-order valence-electron chi connectivity index (χ0n) is 10.2. The average Bonchev–Trinajstić information content (AvgIpc) is 2.16. The Hall–Kier alpha value is -0.530. The highest BCUT2D eigenvalue weighted by Crippen LogP contribution is 2.50. The second kappa shape index (κ2) is 3.56. The summed E-state index contributed by atoms with van der Waals surface area (Å²) in [5.41, 5.74) is 0.0279. The van der Waals surface area contributed by atoms with Crippen LogP contribution in [0.4, 0.5) is 0 Å². The van der Waals surface area contributed by atoms with Crippen molar-refractivity contribution in [3.8, 4) is 0 Å². The Balaban J connectivity index is 3.05. The summed E-state index contributed by atoms with van der Waals surface area (Å²) in [7, 11) is 1.92. The lowest BCUT2D eigenvalue weighted by atomic mass is 9.58. The summed E-state index contributed by atoms with van der Waals surface area (Å²) in [4.78, 5) is 14.0. The average molecular weight is 197 g/mol. The van der Waals surface area contributed by atoms with E-state index in [1.807, 2.05) is 11.9 Å². The van der Waals surface area contributed by atoms with Crippen molar-refractivity contribution >= 4 is 5.91 Å². The molecule has 82 valence electrons. The minimum Gasteiger partial charge on any atom is -0.345 e. The van der Waals surface area contributed by atoms with E-state index in [4.69, 9.17) is 0 Å². The van der Waals surface area contributed by atoms with E-state index in [1.165, 1.54) is 0 Å². The molecule has 0 spiro atoms. The van der Waals surface area contributed by atoms with E-state index in [1.54, 1.807) is 0 Å². The van der Waals surface area contributed by atoms with E-state index in [0.29, 0.717) is 5.91 Å². The maximum atomic E-state index is 12.1. The molecule has 0 aromatic rings. The molecule has 1 amide bonds. The van der Waals surface area contributed by atoms with Crippen LogP contribution in [-0.4, -0.2) is 24.4 Å². The summed E-state index contributed by atoms with van der Waals surface area (Å²) in [6, 6.07) is 0. The molecule has 0 aromatic heterocycles. The van der Waals surface area contributed by atoms with Gasteiger partial charge in [-0.05, 0) is 24.7 Å². The van der Waals surface area contributed by atoms with Crippen LogP contribution in [0.15, 0.2) is 0 Å². The lowest BCUT2D eigenvalue weighted by Gasteiger charge is -2.51. The first kappa shape index (κ1) is 11.5. The normalized spacial score (nSPS) is 25.2. The van der Waals surface area contributed by atoms with Crippen molar-refractivity contribution in [1.29, 1.82) is 0 Å². The highest BCUT2D eigenvalue weighted by molar-refractivity contribution is 5.83. The van der Waals surface area contributed by atoms with E-state index in [2.05, 4.69) is 27.7 Å². The van der Waals surface area contributed by atoms with Crippen molar-refractivity contribution < 1.29 is 4.79 Å². The van der Waals surface area contributed by atoms with E-state index in [9.17, 15) is 4.79 Å². The second-order valence-corrected chi connectivity index (χ2v) is 5.09. The van der Waals surface area contributed by atoms with Crippen molar-refractivity contribution in [2.75, 3.05) is 13.6 Å². The lowest BCUT2D eigenvalue weighted by Crippen LogP contribution is -2.55. The fourth-order valence-electron chi connectivity index (χ4n) is 2.99. The first-order valence-corrected chi connectivity index (χ1v) is 5.67. The van der Waals surface area contributed by atoms with Crippen LogP contribution in [-0.2, 0) is 4.79 Å². The number of nitrogens with zero attached hydrogens (tertiary/aromatic N) is 1. The van der Waals surface area contributed by atoms with Gasteiger partial charge in [-0.15, -0.1) is 0 Å². The molecule has 1 aliphatic heterocycles. The van der Waals surface area contributed by atoms with Crippen LogP contribution < -0.4 is 0 Å². The molecule has 0 unspecified atom stereocenters. The van der Waals surface area contributed by atoms with Gasteiger partial charge in [0.25, 0.3) is 0 Å². The molecule has 0 atom stereocenters. The van der Waals surface area contributed by atoms with Gasteiger partial charge in [-0.2, -0.15) is 0 Å². The molecular weight excluding hydrogens is 174 g/mol. The number of piperidine rings is 1. The molecule has 1 heterocycles. The van der Waals surface area contributed by atoms with Crippen molar-refractivity contribution in [2.24, 2.45) is 10.8 Å². The predicted octanol–water partition coefficient (Wildman–Crippen LogP) is 2.68. The third kappa shape index (κ3) is 1.35. The third-order valence-corrected chi connectivity index (χ3v) is 4.49. The Labute approximate surface area is 87.7 Å². The summed E-state index contributed by atoms with van der Waals surface area (Å²) in [5.74, 6) is 0.312. The third-order valence-electron chi connectivity index (χ3n) is 4.49. The Morgan fingerprint density at radius 3 is 2.21 bits per heavy atom. The fourth-order valence-corrected chi connectivity index (χ4v) is 2.99. The molecular formula is C12H23NO. The molecule has 0 bridgehead atoms. The van der Waals surface area contributed by atoms with Crippen LogP contribution >= 0.6 is 0 Å². The fraction of sp³-hybridized carbons (Fsp3) is 0.917. The van der Waals surface area contributed by atoms with Crippen LogP contribution in [0.5, 0.6) is 0 Å². The number of carbonyl (C=O) groups is 1. The monoisotopic (exact) mass is 197 g/mol. The van der Waals surface area contributed by atoms with E-state index >= 15 is 0 Å². The topological polar surface area (TPSA) is 20.3 Å². The second-order valence-electron chi connectivity index (χ2n) is 5.09. The molecule has 0 radical (unpaired) electrons. The summed E-state index contributed by atoms with van der Waals surface area (Å²) in [6.45, 7) is 9.56. The molecule has 2 heteroatoms. The predicted molar refractivity (Wildman–Crippen MR) is 59.1 cm³/mol. The van der Waals surface area contributed by atoms with Gasteiger partial charge in [0.05, 0.1) is 0 Å². The van der Waals surface area contributed by atoms with Gasteiger partial charge in [0.15, 0.2) is 0 Å². The Kier molecular flexibility index (Phi) is 2.93. The van der Waals surface area contributed by atoms with E-state index < -0.39 is 0 Å². The molecule has 0 aliphatic carbocycles. The van der Waals surface area contributed by atoms with Gasteiger partial charge in [-0.1, -0.05) is 27.7 Å². The molecule has 0 saturated carbocycles. The summed E-state index contributed by atoms with van der Waals surface area (Å²) in [5, 5.41) is 0. The minimum atomic E-state index is -0.191. The van der Waals surface area contributed by atoms with E-state index in [0.717, 1.165) is 25.8 Å². The van der Waals surface area contributed by atoms with Crippen LogP contribution in [0, 0.1) is 10.8 Å². The number of carbonyl (C=O) groups excluding carboxylic acids is 1. The summed E-state index contributed by atoms with van der Waals surface area (Å²) >= 11 is 0. The molecule has 14 heavy (non-hydrogen) atoms. The standard InChI is InChI=1S/C12H23NO/c1-6-12(7-2)8-9-13(5)10(14)11(12,3)4/h6-9H2,1-5H3. The Morgan fingerprint density at radius 1 is 1.29 bits per heavy atom. The maximum Gasteiger partial charge on any atom is 0.228 e. The number of hydrogen-bond donors (Lipinski definition) is 0. The molecule has 0 aromatic carbocycles. The Morgan fingerprint density at radius 2 is 1.79 bits per heavy atom. The SMILES string of the molecule is CCC1(CC)CCN(C)C(=O)C1(C)C. The van der Waals surface area contributed by atoms with Crippen LogP contribution in [0.1, 0.15) is 47.0 Å². The molecule has 1 saturated heterocycles. The van der Waals surface area contributed by atoms with Gasteiger partial charge >= 0.3 is 0 Å². The number of amides is 1. The smallest absolute Gasteiger partial charge is 0.228 e. The molecule has 1 rings (SSSR count). The van der Waals surface area contributed by atoms with Gasteiger partial charge in [0.1, 0.15) is 0 Å². The highest BCUT2D eigenvalue weighted by atomic mass is 16.2. The molecule has 1 aliphatic rings. The van der Waals surface area contributed by atoms with Gasteiger partial charge in [-0.25, -0.2) is 0 Å². The van der Waals surface area contributed by atoms with Crippen LogP contribution in [0.25, 0.3) is 0 Å². The van der Waals surface area contributed by atoms with Gasteiger partial charge in [0.2, 0.25) is 5.91 Å². The van der Waals surface area contributed by atoms with Crippen LogP contribution in [0.2, 0.25) is 0 Å². The largest absolute Gasteiger partial charge is 0.345 e. The van der Waals surface area contributed by atoms with Crippen molar-refractivity contribution in [3.63, 3.8) is 0 Å². The lowest BCUT2D eigenvalue weighted by molar-refractivity contribution is -0.155. The zero-order chi connectivity index (χ0) is 11.0. The zero-order valence-corrected chi connectivity index (χ0v) is 10.2. The minimum absolute atomic E-state index is 0.191. The van der Waals surface area contributed by atoms with Crippen molar-refractivity contribution in [3.05, 3.63) is 0 Å². The number of hydrogen-bond acceptors (Lipinski definition) is 1. The van der Waals surface area contributed by atoms with Gasteiger partial charge in [-0.3, -0.25) is 4.79 Å². The first-order chi connectivity index (χ1) is 6.41. The van der Waals surface area contributed by atoms with Crippen molar-refractivity contribution in [1.82, 2.24) is 4.90 Å². The number of rotatable bonds is 2. The summed E-state index contributed by atoms with van der Waals surface area (Å²) < 4.78 is 0. The molecule has 1 fully saturated rings.